The lowest BCUT2D eigenvalue weighted by molar-refractivity contribution is 0.0915. The van der Waals surface area contributed by atoms with Crippen LogP contribution in [0.2, 0.25) is 0 Å². The Kier molecular flexibility index (Phi) is 3.45. The second-order valence-corrected chi connectivity index (χ2v) is 2.75. The smallest absolute Gasteiger partial charge is 0.254 e. The van der Waals surface area contributed by atoms with Crippen molar-refractivity contribution in [2.75, 3.05) is 6.61 Å². The molecule has 0 aliphatic rings. The van der Waals surface area contributed by atoms with Crippen molar-refractivity contribution in [3.05, 3.63) is 18.0 Å². The number of aliphatic hydroxyl groups excluding tert-OH is 1. The van der Waals surface area contributed by atoms with Gasteiger partial charge in [0.05, 0.1) is 24.4 Å². The summed E-state index contributed by atoms with van der Waals surface area (Å²) >= 11 is 0. The van der Waals surface area contributed by atoms with E-state index in [1.807, 2.05) is 6.92 Å². The van der Waals surface area contributed by atoms with E-state index in [0.717, 1.165) is 0 Å². The van der Waals surface area contributed by atoms with Gasteiger partial charge < -0.3 is 10.4 Å². The van der Waals surface area contributed by atoms with Gasteiger partial charge in [0.25, 0.3) is 5.91 Å². The first-order valence-corrected chi connectivity index (χ1v) is 4.18. The third-order valence-electron chi connectivity index (χ3n) is 1.81. The zero-order valence-electron chi connectivity index (χ0n) is 7.45. The average molecular weight is 183 g/mol. The van der Waals surface area contributed by atoms with Gasteiger partial charge in [0.1, 0.15) is 0 Å². The summed E-state index contributed by atoms with van der Waals surface area (Å²) < 4.78 is 0. The zero-order valence-corrected chi connectivity index (χ0v) is 7.45. The van der Waals surface area contributed by atoms with Gasteiger partial charge in [-0.3, -0.25) is 9.89 Å². The SMILES string of the molecule is CC[C@@H](CO)NC(=O)c1cn[nH]c1. The lowest BCUT2D eigenvalue weighted by Crippen LogP contribution is -2.36. The quantitative estimate of drug-likeness (QED) is 0.610. The molecule has 0 fully saturated rings. The Hall–Kier alpha value is -1.36. The van der Waals surface area contributed by atoms with E-state index in [2.05, 4.69) is 15.5 Å². The summed E-state index contributed by atoms with van der Waals surface area (Å²) in [5.41, 5.74) is 0.479. The molecule has 0 bridgehead atoms. The van der Waals surface area contributed by atoms with Crippen molar-refractivity contribution in [3.8, 4) is 0 Å². The molecule has 1 rings (SSSR count). The number of hydrogen-bond donors (Lipinski definition) is 3. The van der Waals surface area contributed by atoms with Crippen LogP contribution in [-0.4, -0.2) is 33.9 Å². The maximum absolute atomic E-state index is 11.4. The highest BCUT2D eigenvalue weighted by Gasteiger charge is 2.11. The minimum atomic E-state index is -0.213. The summed E-state index contributed by atoms with van der Waals surface area (Å²) in [6.07, 6.45) is 3.67. The third-order valence-corrected chi connectivity index (χ3v) is 1.81. The van der Waals surface area contributed by atoms with Gasteiger partial charge in [0.15, 0.2) is 0 Å². The molecule has 1 atom stereocenters. The van der Waals surface area contributed by atoms with Crippen LogP contribution in [0.15, 0.2) is 12.4 Å². The Bertz CT molecular complexity index is 254. The first-order chi connectivity index (χ1) is 6.27. The Morgan fingerprint density at radius 3 is 3.08 bits per heavy atom. The molecule has 1 amide bonds. The molecule has 5 nitrogen and oxygen atoms in total. The number of aliphatic hydroxyl groups is 1. The highest BCUT2D eigenvalue weighted by molar-refractivity contribution is 5.93. The molecule has 0 aromatic carbocycles. The largest absolute Gasteiger partial charge is 0.394 e. The van der Waals surface area contributed by atoms with E-state index in [9.17, 15) is 4.79 Å². The summed E-state index contributed by atoms with van der Waals surface area (Å²) in [7, 11) is 0. The lowest BCUT2D eigenvalue weighted by atomic mass is 10.2. The summed E-state index contributed by atoms with van der Waals surface area (Å²) in [5.74, 6) is -0.213. The van der Waals surface area contributed by atoms with Crippen LogP contribution in [0.4, 0.5) is 0 Å². The van der Waals surface area contributed by atoms with E-state index in [1.165, 1.54) is 12.4 Å². The predicted molar refractivity (Wildman–Crippen MR) is 47.2 cm³/mol. The van der Waals surface area contributed by atoms with Gasteiger partial charge in [-0.25, -0.2) is 0 Å². The van der Waals surface area contributed by atoms with Gasteiger partial charge >= 0.3 is 0 Å². The zero-order chi connectivity index (χ0) is 9.68. The average Bonchev–Trinajstić information content (AvgIpc) is 2.66. The molecule has 72 valence electrons. The minimum absolute atomic E-state index is 0.0416. The lowest BCUT2D eigenvalue weighted by Gasteiger charge is -2.12. The van der Waals surface area contributed by atoms with Crippen LogP contribution in [0, 0.1) is 0 Å². The molecule has 1 aromatic heterocycles. The summed E-state index contributed by atoms with van der Waals surface area (Å²) in [5, 5.41) is 17.7. The van der Waals surface area contributed by atoms with Crippen molar-refractivity contribution in [2.24, 2.45) is 0 Å². The topological polar surface area (TPSA) is 78.0 Å². The van der Waals surface area contributed by atoms with Gasteiger partial charge in [0.2, 0.25) is 0 Å². The monoisotopic (exact) mass is 183 g/mol. The number of nitrogens with zero attached hydrogens (tertiary/aromatic N) is 1. The molecule has 13 heavy (non-hydrogen) atoms. The van der Waals surface area contributed by atoms with E-state index in [4.69, 9.17) is 5.11 Å². The Morgan fingerprint density at radius 2 is 2.62 bits per heavy atom. The van der Waals surface area contributed by atoms with Crippen LogP contribution in [0.3, 0.4) is 0 Å². The molecule has 5 heteroatoms. The van der Waals surface area contributed by atoms with Crippen molar-refractivity contribution >= 4 is 5.91 Å². The van der Waals surface area contributed by atoms with E-state index >= 15 is 0 Å². The highest BCUT2D eigenvalue weighted by Crippen LogP contribution is 1.96. The Balaban J connectivity index is 2.50. The van der Waals surface area contributed by atoms with Gasteiger partial charge in [-0.1, -0.05) is 6.92 Å². The maximum Gasteiger partial charge on any atom is 0.254 e. The van der Waals surface area contributed by atoms with Crippen molar-refractivity contribution in [1.29, 1.82) is 0 Å². The highest BCUT2D eigenvalue weighted by atomic mass is 16.3. The standard InChI is InChI=1S/C8H13N3O2/c1-2-7(5-12)11-8(13)6-3-9-10-4-6/h3-4,7,12H,2,5H2,1H3,(H,9,10)(H,11,13)/t7-/m0/s1. The van der Waals surface area contributed by atoms with E-state index in [1.54, 1.807) is 0 Å². The van der Waals surface area contributed by atoms with E-state index < -0.39 is 0 Å². The fourth-order valence-corrected chi connectivity index (χ4v) is 0.921. The van der Waals surface area contributed by atoms with Crippen molar-refractivity contribution in [3.63, 3.8) is 0 Å². The molecular formula is C8H13N3O2. The molecule has 1 heterocycles. The van der Waals surface area contributed by atoms with Crippen molar-refractivity contribution in [2.45, 2.75) is 19.4 Å². The summed E-state index contributed by atoms with van der Waals surface area (Å²) in [4.78, 5) is 11.4. The van der Waals surface area contributed by atoms with Crippen molar-refractivity contribution in [1.82, 2.24) is 15.5 Å². The third kappa shape index (κ3) is 2.55. The van der Waals surface area contributed by atoms with Gasteiger partial charge in [0, 0.05) is 6.20 Å². The molecule has 0 aliphatic carbocycles. The van der Waals surface area contributed by atoms with Crippen LogP contribution in [-0.2, 0) is 0 Å². The molecule has 0 unspecified atom stereocenters. The molecule has 0 saturated heterocycles. The van der Waals surface area contributed by atoms with Gasteiger partial charge in [-0.15, -0.1) is 0 Å². The number of aromatic amines is 1. The van der Waals surface area contributed by atoms with E-state index in [0.29, 0.717) is 12.0 Å². The first-order valence-electron chi connectivity index (χ1n) is 4.18. The summed E-state index contributed by atoms with van der Waals surface area (Å²) in [6.45, 7) is 1.86. The van der Waals surface area contributed by atoms with Crippen LogP contribution in [0.5, 0.6) is 0 Å². The van der Waals surface area contributed by atoms with E-state index in [-0.39, 0.29) is 18.6 Å². The van der Waals surface area contributed by atoms with Crippen molar-refractivity contribution < 1.29 is 9.90 Å². The second-order valence-electron chi connectivity index (χ2n) is 2.75. The maximum atomic E-state index is 11.4. The van der Waals surface area contributed by atoms with Crippen LogP contribution >= 0.6 is 0 Å². The number of carbonyl (C=O) groups is 1. The van der Waals surface area contributed by atoms with Crippen LogP contribution in [0.25, 0.3) is 0 Å². The summed E-state index contributed by atoms with van der Waals surface area (Å²) in [6, 6.07) is -0.178. The number of hydrogen-bond acceptors (Lipinski definition) is 3. The molecule has 1 aromatic rings. The number of aromatic nitrogens is 2. The number of nitrogens with one attached hydrogen (secondary N) is 2. The molecule has 0 saturated carbocycles. The molecule has 3 N–H and O–H groups in total. The molecular weight excluding hydrogens is 170 g/mol. The molecule has 0 radical (unpaired) electrons. The van der Waals surface area contributed by atoms with Gasteiger partial charge in [-0.05, 0) is 6.42 Å². The van der Waals surface area contributed by atoms with Crippen LogP contribution in [0.1, 0.15) is 23.7 Å². The number of H-pyrrole nitrogens is 1. The first kappa shape index (κ1) is 9.73. The number of carbonyl (C=O) groups excluding carboxylic acids is 1. The van der Waals surface area contributed by atoms with Gasteiger partial charge in [-0.2, -0.15) is 5.10 Å². The fraction of sp³-hybridized carbons (Fsp3) is 0.500. The molecule has 0 spiro atoms. The fourth-order valence-electron chi connectivity index (χ4n) is 0.921. The Labute approximate surface area is 76.2 Å². The second kappa shape index (κ2) is 4.61. The Morgan fingerprint density at radius 1 is 1.85 bits per heavy atom. The van der Waals surface area contributed by atoms with Crippen LogP contribution < -0.4 is 5.32 Å². The number of rotatable bonds is 4. The number of amides is 1. The normalized spacial score (nSPS) is 12.5. The molecule has 0 aliphatic heterocycles. The minimum Gasteiger partial charge on any atom is -0.394 e. The predicted octanol–water partition coefficient (Wildman–Crippen LogP) is -0.0896.